The number of carboxylic acids is 1. The molecule has 20 heavy (non-hydrogen) atoms. The number of hydrogen-bond donors (Lipinski definition) is 2. The molecule has 0 aromatic carbocycles. The Morgan fingerprint density at radius 2 is 2.25 bits per heavy atom. The molecule has 2 aromatic heterocycles. The number of rotatable bonds is 6. The van der Waals surface area contributed by atoms with E-state index in [4.69, 9.17) is 5.11 Å². The van der Waals surface area contributed by atoms with Crippen molar-refractivity contribution < 1.29 is 14.7 Å². The summed E-state index contributed by atoms with van der Waals surface area (Å²) in [5, 5.41) is 19.4. The second-order valence-electron chi connectivity index (χ2n) is 4.19. The molecule has 0 bridgehead atoms. The second kappa shape index (κ2) is 5.95. The first-order valence-corrected chi connectivity index (χ1v) is 5.89. The highest BCUT2D eigenvalue weighted by Crippen LogP contribution is 2.12. The summed E-state index contributed by atoms with van der Waals surface area (Å²) in [6.45, 7) is 0.339. The lowest BCUT2D eigenvalue weighted by atomic mass is 10.1. The van der Waals surface area contributed by atoms with Crippen molar-refractivity contribution in [2.75, 3.05) is 0 Å². The van der Waals surface area contributed by atoms with Crippen LogP contribution in [0.4, 0.5) is 0 Å². The molecular formula is C11H14N6O3. The van der Waals surface area contributed by atoms with Crippen LogP contribution >= 0.6 is 0 Å². The maximum absolute atomic E-state index is 11.8. The first kappa shape index (κ1) is 13.7. The second-order valence-corrected chi connectivity index (χ2v) is 4.19. The van der Waals surface area contributed by atoms with Crippen LogP contribution in [0.2, 0.25) is 0 Å². The highest BCUT2D eigenvalue weighted by molar-refractivity contribution is 5.84. The molecule has 1 amide bonds. The molecule has 0 saturated carbocycles. The predicted molar refractivity (Wildman–Crippen MR) is 66.4 cm³/mol. The lowest BCUT2D eigenvalue weighted by Gasteiger charge is -2.12. The Labute approximate surface area is 114 Å². The Bertz CT molecular complexity index is 591. The van der Waals surface area contributed by atoms with Crippen molar-refractivity contribution in [1.82, 2.24) is 29.9 Å². The van der Waals surface area contributed by atoms with E-state index in [0.717, 1.165) is 0 Å². The fraction of sp³-hybridized carbons (Fsp3) is 0.364. The lowest BCUT2D eigenvalue weighted by Crippen LogP contribution is -2.34. The van der Waals surface area contributed by atoms with E-state index in [9.17, 15) is 9.59 Å². The molecule has 0 aliphatic heterocycles. The van der Waals surface area contributed by atoms with E-state index in [2.05, 4.69) is 20.5 Å². The van der Waals surface area contributed by atoms with Gasteiger partial charge in [0.25, 0.3) is 0 Å². The largest absolute Gasteiger partial charge is 0.479 e. The van der Waals surface area contributed by atoms with Gasteiger partial charge in [-0.05, 0) is 0 Å². The van der Waals surface area contributed by atoms with E-state index in [1.807, 2.05) is 0 Å². The Morgan fingerprint density at radius 1 is 1.45 bits per heavy atom. The van der Waals surface area contributed by atoms with Crippen molar-refractivity contribution in [1.29, 1.82) is 0 Å². The molecule has 0 spiro atoms. The van der Waals surface area contributed by atoms with Gasteiger partial charge in [-0.1, -0.05) is 0 Å². The average Bonchev–Trinajstić information content (AvgIpc) is 3.04. The predicted octanol–water partition coefficient (Wildman–Crippen LogP) is -0.656. The van der Waals surface area contributed by atoms with Crippen LogP contribution in [0, 0.1) is 0 Å². The van der Waals surface area contributed by atoms with Gasteiger partial charge in [-0.3, -0.25) is 14.2 Å². The fourth-order valence-electron chi connectivity index (χ4n) is 1.67. The molecule has 2 rings (SSSR count). The number of nitrogens with zero attached hydrogens (tertiary/aromatic N) is 5. The van der Waals surface area contributed by atoms with Crippen LogP contribution in [0.5, 0.6) is 0 Å². The van der Waals surface area contributed by atoms with Gasteiger partial charge >= 0.3 is 5.97 Å². The van der Waals surface area contributed by atoms with Crippen molar-refractivity contribution in [3.63, 3.8) is 0 Å². The van der Waals surface area contributed by atoms with Crippen LogP contribution in [-0.4, -0.2) is 41.5 Å². The number of aromatic nitrogens is 5. The summed E-state index contributed by atoms with van der Waals surface area (Å²) in [6.07, 6.45) is 5.94. The fourth-order valence-corrected chi connectivity index (χ4v) is 1.67. The molecule has 2 N–H and O–H groups in total. The molecule has 1 unspecified atom stereocenters. The summed E-state index contributed by atoms with van der Waals surface area (Å²) in [6, 6.07) is -1.10. The quantitative estimate of drug-likeness (QED) is 0.725. The van der Waals surface area contributed by atoms with Crippen molar-refractivity contribution >= 4 is 11.9 Å². The normalized spacial score (nSPS) is 12.1. The molecule has 0 aliphatic carbocycles. The van der Waals surface area contributed by atoms with E-state index in [0.29, 0.717) is 12.1 Å². The number of aliphatic carboxylic acids is 1. The maximum atomic E-state index is 11.8. The minimum absolute atomic E-state index is 0.118. The minimum atomic E-state index is -1.13. The molecule has 0 fully saturated rings. The first-order valence-electron chi connectivity index (χ1n) is 5.89. The number of aryl methyl sites for hydroxylation is 2. The SMILES string of the molecule is Cn1cc(C(NC(=O)CCn2cncn2)C(=O)O)cn1. The number of carbonyl (C=O) groups is 2. The van der Waals surface area contributed by atoms with Crippen molar-refractivity contribution in [2.24, 2.45) is 7.05 Å². The van der Waals surface area contributed by atoms with Gasteiger partial charge in [0.1, 0.15) is 12.7 Å². The van der Waals surface area contributed by atoms with Crippen LogP contribution in [0.1, 0.15) is 18.0 Å². The molecule has 9 heteroatoms. The zero-order chi connectivity index (χ0) is 14.5. The number of carboxylic acid groups (broad SMARTS) is 1. The standard InChI is InChI=1S/C11H14N6O3/c1-16-5-8(4-13-16)10(11(19)20)15-9(18)2-3-17-7-12-6-14-17/h4-7,10H,2-3H2,1H3,(H,15,18)(H,19,20). The third-order valence-electron chi connectivity index (χ3n) is 2.65. The Kier molecular flexibility index (Phi) is 4.08. The van der Waals surface area contributed by atoms with E-state index in [-0.39, 0.29) is 12.3 Å². The Morgan fingerprint density at radius 3 is 2.80 bits per heavy atom. The van der Waals surface area contributed by atoms with Gasteiger partial charge in [-0.2, -0.15) is 10.2 Å². The number of amides is 1. The van der Waals surface area contributed by atoms with Crippen LogP contribution in [-0.2, 0) is 23.2 Å². The number of hydrogen-bond acceptors (Lipinski definition) is 5. The number of carbonyl (C=O) groups excluding carboxylic acids is 1. The van der Waals surface area contributed by atoms with Crippen molar-refractivity contribution in [3.05, 3.63) is 30.6 Å². The summed E-state index contributed by atoms with van der Waals surface area (Å²) < 4.78 is 2.98. The highest BCUT2D eigenvalue weighted by Gasteiger charge is 2.23. The molecule has 2 aromatic rings. The molecule has 0 aliphatic rings. The van der Waals surface area contributed by atoms with E-state index >= 15 is 0 Å². The summed E-state index contributed by atoms with van der Waals surface area (Å²) >= 11 is 0. The van der Waals surface area contributed by atoms with Crippen LogP contribution in [0.15, 0.2) is 25.0 Å². The van der Waals surface area contributed by atoms with Crippen molar-refractivity contribution in [2.45, 2.75) is 19.0 Å². The summed E-state index contributed by atoms with van der Waals surface area (Å²) in [4.78, 5) is 26.7. The van der Waals surface area contributed by atoms with Gasteiger partial charge in [0.15, 0.2) is 6.04 Å². The summed E-state index contributed by atoms with van der Waals surface area (Å²) in [5.41, 5.74) is 0.425. The number of nitrogens with one attached hydrogen (secondary N) is 1. The van der Waals surface area contributed by atoms with Crippen LogP contribution in [0.25, 0.3) is 0 Å². The van der Waals surface area contributed by atoms with Crippen LogP contribution < -0.4 is 5.32 Å². The zero-order valence-electron chi connectivity index (χ0n) is 10.8. The Hall–Kier alpha value is -2.71. The zero-order valence-corrected chi connectivity index (χ0v) is 10.8. The monoisotopic (exact) mass is 278 g/mol. The van der Waals surface area contributed by atoms with Gasteiger partial charge in [-0.25, -0.2) is 9.78 Å². The molecule has 106 valence electrons. The lowest BCUT2D eigenvalue weighted by molar-refractivity contribution is -0.142. The molecule has 0 saturated heterocycles. The summed E-state index contributed by atoms with van der Waals surface area (Å²) in [5.74, 6) is -1.51. The minimum Gasteiger partial charge on any atom is -0.479 e. The van der Waals surface area contributed by atoms with E-state index in [1.165, 1.54) is 28.2 Å². The average molecular weight is 278 g/mol. The van der Waals surface area contributed by atoms with Crippen LogP contribution in [0.3, 0.4) is 0 Å². The van der Waals surface area contributed by atoms with E-state index < -0.39 is 12.0 Å². The third kappa shape index (κ3) is 3.40. The Balaban J connectivity index is 1.94. The molecular weight excluding hydrogens is 264 g/mol. The van der Waals surface area contributed by atoms with Gasteiger partial charge in [-0.15, -0.1) is 0 Å². The third-order valence-corrected chi connectivity index (χ3v) is 2.65. The molecule has 1 atom stereocenters. The summed E-state index contributed by atoms with van der Waals surface area (Å²) in [7, 11) is 1.68. The topological polar surface area (TPSA) is 115 Å². The van der Waals surface area contributed by atoms with Gasteiger partial charge in [0, 0.05) is 25.2 Å². The van der Waals surface area contributed by atoms with Gasteiger partial charge in [0.05, 0.1) is 12.7 Å². The van der Waals surface area contributed by atoms with Crippen molar-refractivity contribution in [3.8, 4) is 0 Å². The molecule has 2 heterocycles. The van der Waals surface area contributed by atoms with E-state index in [1.54, 1.807) is 13.2 Å². The van der Waals surface area contributed by atoms with Gasteiger partial charge in [0.2, 0.25) is 5.91 Å². The first-order chi connectivity index (χ1) is 9.56. The molecule has 0 radical (unpaired) electrons. The smallest absolute Gasteiger partial charge is 0.331 e. The van der Waals surface area contributed by atoms with Gasteiger partial charge < -0.3 is 10.4 Å². The maximum Gasteiger partial charge on any atom is 0.331 e. The molecule has 9 nitrogen and oxygen atoms in total. The highest BCUT2D eigenvalue weighted by atomic mass is 16.4.